The molecule has 1 fully saturated rings. The molecule has 1 aromatic heterocycles. The highest BCUT2D eigenvalue weighted by Crippen LogP contribution is 2.29. The maximum absolute atomic E-state index is 12.5. The first kappa shape index (κ1) is 17.4. The molecule has 0 atom stereocenters. The van der Waals surface area contributed by atoms with Crippen LogP contribution in [0.4, 0.5) is 23.8 Å². The molecule has 0 bridgehead atoms. The van der Waals surface area contributed by atoms with Crippen LogP contribution in [0.15, 0.2) is 18.3 Å². The first-order chi connectivity index (χ1) is 10.8. The van der Waals surface area contributed by atoms with Crippen molar-refractivity contribution >= 4 is 11.9 Å². The summed E-state index contributed by atoms with van der Waals surface area (Å²) in [7, 11) is 0. The molecule has 128 valence electrons. The lowest BCUT2D eigenvalue weighted by Gasteiger charge is -2.32. The smallest absolute Gasteiger partial charge is 0.417 e. The van der Waals surface area contributed by atoms with Crippen LogP contribution in [0.2, 0.25) is 0 Å². The van der Waals surface area contributed by atoms with Gasteiger partial charge in [0.05, 0.1) is 11.7 Å². The lowest BCUT2D eigenvalue weighted by molar-refractivity contribution is -0.137. The minimum Gasteiger partial charge on any atom is -0.447 e. The van der Waals surface area contributed by atoms with E-state index in [1.54, 1.807) is 18.7 Å². The molecular weight excluding hydrogens is 311 g/mol. The van der Waals surface area contributed by atoms with Crippen molar-refractivity contribution in [3.05, 3.63) is 23.9 Å². The molecule has 5 nitrogen and oxygen atoms in total. The van der Waals surface area contributed by atoms with Crippen molar-refractivity contribution in [3.63, 3.8) is 0 Å². The Bertz CT molecular complexity index is 524. The van der Waals surface area contributed by atoms with E-state index in [4.69, 9.17) is 4.74 Å². The van der Waals surface area contributed by atoms with E-state index in [0.717, 1.165) is 12.3 Å². The van der Waals surface area contributed by atoms with Gasteiger partial charge in [0, 0.05) is 25.3 Å². The van der Waals surface area contributed by atoms with Crippen molar-refractivity contribution < 1.29 is 22.7 Å². The minimum absolute atomic E-state index is 0.0716. The van der Waals surface area contributed by atoms with Crippen LogP contribution in [0.5, 0.6) is 0 Å². The van der Waals surface area contributed by atoms with Gasteiger partial charge in [0.2, 0.25) is 0 Å². The number of nitrogens with zero attached hydrogens (tertiary/aromatic N) is 2. The average Bonchev–Trinajstić information content (AvgIpc) is 2.47. The lowest BCUT2D eigenvalue weighted by Crippen LogP contribution is -2.43. The molecule has 2 rings (SSSR count). The van der Waals surface area contributed by atoms with Crippen LogP contribution in [0, 0.1) is 0 Å². The molecule has 23 heavy (non-hydrogen) atoms. The first-order valence-corrected chi connectivity index (χ1v) is 7.51. The topological polar surface area (TPSA) is 54.5 Å². The third-order valence-electron chi connectivity index (χ3n) is 3.53. The molecule has 0 spiro atoms. The maximum atomic E-state index is 12.5. The summed E-state index contributed by atoms with van der Waals surface area (Å²) in [5, 5.41) is 3.10. The van der Waals surface area contributed by atoms with Crippen molar-refractivity contribution in [2.45, 2.75) is 45.0 Å². The number of nitrogens with one attached hydrogen (secondary N) is 1. The van der Waals surface area contributed by atoms with Gasteiger partial charge >= 0.3 is 12.3 Å². The zero-order valence-electron chi connectivity index (χ0n) is 13.1. The van der Waals surface area contributed by atoms with Gasteiger partial charge in [-0.1, -0.05) is 0 Å². The van der Waals surface area contributed by atoms with Gasteiger partial charge in [-0.25, -0.2) is 9.78 Å². The summed E-state index contributed by atoms with van der Waals surface area (Å²) in [5.41, 5.74) is -0.769. The zero-order valence-corrected chi connectivity index (χ0v) is 13.1. The van der Waals surface area contributed by atoms with Crippen LogP contribution < -0.4 is 5.32 Å². The quantitative estimate of drug-likeness (QED) is 0.921. The third kappa shape index (κ3) is 5.01. The number of amides is 1. The van der Waals surface area contributed by atoms with Gasteiger partial charge in [-0.2, -0.15) is 13.2 Å². The predicted octanol–water partition coefficient (Wildman–Crippen LogP) is 3.52. The number of aromatic nitrogens is 1. The number of carbonyl (C=O) groups is 1. The Morgan fingerprint density at radius 3 is 2.48 bits per heavy atom. The summed E-state index contributed by atoms with van der Waals surface area (Å²) in [6, 6.07) is 2.40. The van der Waals surface area contributed by atoms with Crippen LogP contribution in [0.25, 0.3) is 0 Å². The number of halogens is 3. The Morgan fingerprint density at radius 2 is 2.00 bits per heavy atom. The van der Waals surface area contributed by atoms with Crippen molar-refractivity contribution in [1.82, 2.24) is 9.88 Å². The van der Waals surface area contributed by atoms with Gasteiger partial charge in [0.25, 0.3) is 0 Å². The second-order valence-electron chi connectivity index (χ2n) is 5.77. The Hall–Kier alpha value is -1.99. The van der Waals surface area contributed by atoms with E-state index < -0.39 is 11.7 Å². The average molecular weight is 331 g/mol. The molecule has 1 amide bonds. The third-order valence-corrected chi connectivity index (χ3v) is 3.53. The number of piperidine rings is 1. The van der Waals surface area contributed by atoms with Gasteiger partial charge in [0.15, 0.2) is 0 Å². The fourth-order valence-electron chi connectivity index (χ4n) is 2.34. The number of likely N-dealkylation sites (tertiary alicyclic amines) is 1. The molecule has 0 unspecified atom stereocenters. The van der Waals surface area contributed by atoms with Gasteiger partial charge in [-0.3, -0.25) is 0 Å². The summed E-state index contributed by atoms with van der Waals surface area (Å²) in [5.74, 6) is 0.404. The molecule has 8 heteroatoms. The Balaban J connectivity index is 1.83. The van der Waals surface area contributed by atoms with E-state index in [-0.39, 0.29) is 18.2 Å². The van der Waals surface area contributed by atoms with Crippen molar-refractivity contribution in [2.24, 2.45) is 0 Å². The van der Waals surface area contributed by atoms with Crippen LogP contribution >= 0.6 is 0 Å². The normalized spacial score (nSPS) is 16.5. The summed E-state index contributed by atoms with van der Waals surface area (Å²) < 4.78 is 42.6. The molecule has 0 aromatic carbocycles. The van der Waals surface area contributed by atoms with Crippen molar-refractivity contribution in [2.75, 3.05) is 18.4 Å². The second kappa shape index (κ2) is 7.06. The number of hydrogen-bond acceptors (Lipinski definition) is 4. The van der Waals surface area contributed by atoms with E-state index in [1.165, 1.54) is 6.07 Å². The van der Waals surface area contributed by atoms with E-state index in [1.807, 2.05) is 0 Å². The number of ether oxygens (including phenoxy) is 1. The first-order valence-electron chi connectivity index (χ1n) is 7.51. The number of alkyl halides is 3. The molecule has 2 heterocycles. The van der Waals surface area contributed by atoms with E-state index >= 15 is 0 Å². The highest BCUT2D eigenvalue weighted by atomic mass is 19.4. The Kier molecular flexibility index (Phi) is 5.33. The SMILES string of the molecule is CC(C)OC(=O)N1CCC(Nc2ccc(C(F)(F)F)cn2)CC1. The monoisotopic (exact) mass is 331 g/mol. The van der Waals surface area contributed by atoms with E-state index in [2.05, 4.69) is 10.3 Å². The fraction of sp³-hybridized carbons (Fsp3) is 0.600. The molecule has 1 saturated heterocycles. The Morgan fingerprint density at radius 1 is 1.35 bits per heavy atom. The number of rotatable bonds is 3. The number of anilines is 1. The Labute approximate surface area is 132 Å². The standard InChI is InChI=1S/C15H20F3N3O2/c1-10(2)23-14(22)21-7-5-12(6-8-21)20-13-4-3-11(9-19-13)15(16,17)18/h3-4,9-10,12H,5-8H2,1-2H3,(H,19,20). The molecule has 1 aliphatic rings. The molecular formula is C15H20F3N3O2. The molecule has 0 saturated carbocycles. The van der Waals surface area contributed by atoms with Gasteiger partial charge in [-0.15, -0.1) is 0 Å². The van der Waals surface area contributed by atoms with Crippen LogP contribution in [0.1, 0.15) is 32.3 Å². The van der Waals surface area contributed by atoms with E-state index in [9.17, 15) is 18.0 Å². The number of carbonyl (C=O) groups excluding carboxylic acids is 1. The number of pyridine rings is 1. The van der Waals surface area contributed by atoms with Crippen LogP contribution in [-0.2, 0) is 10.9 Å². The van der Waals surface area contributed by atoms with Crippen LogP contribution in [-0.4, -0.2) is 41.2 Å². The maximum Gasteiger partial charge on any atom is 0.417 e. The van der Waals surface area contributed by atoms with Crippen molar-refractivity contribution in [1.29, 1.82) is 0 Å². The van der Waals surface area contributed by atoms with Gasteiger partial charge < -0.3 is 15.0 Å². The highest BCUT2D eigenvalue weighted by molar-refractivity contribution is 5.67. The van der Waals surface area contributed by atoms with E-state index in [0.29, 0.717) is 31.7 Å². The largest absolute Gasteiger partial charge is 0.447 e. The minimum atomic E-state index is -4.38. The molecule has 0 radical (unpaired) electrons. The number of hydrogen-bond donors (Lipinski definition) is 1. The summed E-state index contributed by atoms with van der Waals surface area (Å²) >= 11 is 0. The fourth-order valence-corrected chi connectivity index (χ4v) is 2.34. The van der Waals surface area contributed by atoms with Crippen molar-refractivity contribution in [3.8, 4) is 0 Å². The van der Waals surface area contributed by atoms with Gasteiger partial charge in [0.1, 0.15) is 5.82 Å². The summed E-state index contributed by atoms with van der Waals surface area (Å²) in [6.45, 7) is 4.68. The highest BCUT2D eigenvalue weighted by Gasteiger charge is 2.31. The summed E-state index contributed by atoms with van der Waals surface area (Å²) in [4.78, 5) is 17.2. The molecule has 1 aliphatic heterocycles. The van der Waals surface area contributed by atoms with Gasteiger partial charge in [-0.05, 0) is 38.8 Å². The summed E-state index contributed by atoms with van der Waals surface area (Å²) in [6.07, 6.45) is -2.67. The lowest BCUT2D eigenvalue weighted by atomic mass is 10.1. The predicted molar refractivity (Wildman–Crippen MR) is 79.1 cm³/mol. The molecule has 0 aliphatic carbocycles. The van der Waals surface area contributed by atoms with Crippen LogP contribution in [0.3, 0.4) is 0 Å². The molecule has 1 aromatic rings. The molecule has 1 N–H and O–H groups in total. The second-order valence-corrected chi connectivity index (χ2v) is 5.77. The zero-order chi connectivity index (χ0) is 17.0.